The van der Waals surface area contributed by atoms with Crippen LogP contribution in [0.4, 0.5) is 11.6 Å². The number of fused-ring (bicyclic) bond motifs is 1. The van der Waals surface area contributed by atoms with Crippen LogP contribution in [0, 0.1) is 0 Å². The van der Waals surface area contributed by atoms with Gasteiger partial charge >= 0.3 is 0 Å². The molecule has 4 N–H and O–H groups in total. The average Bonchev–Trinajstić information content (AvgIpc) is 2.90. The number of nitrogen functional groups attached to an aromatic ring is 1. The summed E-state index contributed by atoms with van der Waals surface area (Å²) in [4.78, 5) is 18.1. The Bertz CT molecular complexity index is 656. The van der Waals surface area contributed by atoms with Crippen LogP contribution in [0.1, 0.15) is 5.82 Å². The zero-order valence-corrected chi connectivity index (χ0v) is 11.5. The summed E-state index contributed by atoms with van der Waals surface area (Å²) in [5.74, 6) is 1.16. The van der Waals surface area contributed by atoms with Crippen molar-refractivity contribution in [2.45, 2.75) is 12.6 Å². The maximum atomic E-state index is 12.2. The molecule has 0 saturated heterocycles. The Balaban J connectivity index is 1.64. The van der Waals surface area contributed by atoms with Crippen LogP contribution in [0.15, 0.2) is 24.3 Å². The fourth-order valence-corrected chi connectivity index (χ4v) is 2.22. The second-order valence-corrected chi connectivity index (χ2v) is 4.81. The van der Waals surface area contributed by atoms with Crippen molar-refractivity contribution in [2.75, 3.05) is 24.2 Å². The van der Waals surface area contributed by atoms with E-state index in [4.69, 9.17) is 10.5 Å². The number of nitrogens with zero attached hydrogens (tertiary/aromatic N) is 3. The monoisotopic (exact) mass is 288 g/mol. The van der Waals surface area contributed by atoms with Gasteiger partial charge in [0.15, 0.2) is 6.10 Å². The Labute approximate surface area is 121 Å². The third-order valence-electron chi connectivity index (χ3n) is 3.26. The van der Waals surface area contributed by atoms with E-state index < -0.39 is 6.10 Å². The standard InChI is InChI=1S/C13H16N6O2/c1-19-7-10(21-9-5-3-2-4-8(9)19)12(20)15-6-11-16-13(14)18-17-11/h2-5,10H,6-7H2,1H3,(H,15,20)(H3,14,16,17,18)/t10-/m1/s1. The van der Waals surface area contributed by atoms with E-state index in [0.29, 0.717) is 18.1 Å². The molecule has 1 aliphatic rings. The van der Waals surface area contributed by atoms with Crippen molar-refractivity contribution >= 4 is 17.5 Å². The molecule has 0 bridgehead atoms. The topological polar surface area (TPSA) is 109 Å². The fraction of sp³-hybridized carbons (Fsp3) is 0.308. The van der Waals surface area contributed by atoms with Gasteiger partial charge in [0, 0.05) is 7.05 Å². The largest absolute Gasteiger partial charge is 0.477 e. The number of likely N-dealkylation sites (N-methyl/N-ethyl adjacent to an activating group) is 1. The molecule has 2 heterocycles. The molecule has 8 heteroatoms. The molecular formula is C13H16N6O2. The predicted molar refractivity (Wildman–Crippen MR) is 76.8 cm³/mol. The summed E-state index contributed by atoms with van der Waals surface area (Å²) in [5.41, 5.74) is 6.38. The number of aromatic nitrogens is 3. The molecule has 0 saturated carbocycles. The molecule has 110 valence electrons. The number of rotatable bonds is 3. The molecule has 2 aromatic rings. The Morgan fingerprint density at radius 2 is 2.38 bits per heavy atom. The molecule has 21 heavy (non-hydrogen) atoms. The number of ether oxygens (including phenoxy) is 1. The second kappa shape index (κ2) is 5.31. The van der Waals surface area contributed by atoms with Gasteiger partial charge < -0.3 is 20.7 Å². The summed E-state index contributed by atoms with van der Waals surface area (Å²) in [6, 6.07) is 7.63. The maximum absolute atomic E-state index is 12.2. The number of amides is 1. The molecule has 0 fully saturated rings. The molecule has 1 aromatic carbocycles. The van der Waals surface area contributed by atoms with Gasteiger partial charge in [-0.1, -0.05) is 12.1 Å². The molecule has 0 spiro atoms. The van der Waals surface area contributed by atoms with Gasteiger partial charge in [0.05, 0.1) is 18.8 Å². The minimum atomic E-state index is -0.565. The lowest BCUT2D eigenvalue weighted by molar-refractivity contribution is -0.128. The average molecular weight is 288 g/mol. The highest BCUT2D eigenvalue weighted by molar-refractivity contribution is 5.83. The summed E-state index contributed by atoms with van der Waals surface area (Å²) < 4.78 is 5.73. The highest BCUT2D eigenvalue weighted by Gasteiger charge is 2.28. The molecule has 8 nitrogen and oxygen atoms in total. The number of nitrogens with one attached hydrogen (secondary N) is 2. The Hall–Kier alpha value is -2.77. The third kappa shape index (κ3) is 2.73. The maximum Gasteiger partial charge on any atom is 0.263 e. The lowest BCUT2D eigenvalue weighted by Gasteiger charge is -2.32. The molecular weight excluding hydrogens is 272 g/mol. The van der Waals surface area contributed by atoms with E-state index in [2.05, 4.69) is 20.5 Å². The van der Waals surface area contributed by atoms with Crippen LogP contribution < -0.4 is 20.7 Å². The summed E-state index contributed by atoms with van der Waals surface area (Å²) in [6.07, 6.45) is -0.565. The van der Waals surface area contributed by atoms with Crippen molar-refractivity contribution in [1.82, 2.24) is 20.5 Å². The Kier molecular flexibility index (Phi) is 3.35. The first-order chi connectivity index (χ1) is 10.1. The van der Waals surface area contributed by atoms with Crippen molar-refractivity contribution in [3.8, 4) is 5.75 Å². The van der Waals surface area contributed by atoms with E-state index in [1.807, 2.05) is 36.2 Å². The van der Waals surface area contributed by atoms with E-state index in [0.717, 1.165) is 5.69 Å². The number of nitrogens with two attached hydrogens (primary N) is 1. The number of benzene rings is 1. The molecule has 0 radical (unpaired) electrons. The minimum Gasteiger partial charge on any atom is -0.477 e. The highest BCUT2D eigenvalue weighted by Crippen LogP contribution is 2.31. The lowest BCUT2D eigenvalue weighted by Crippen LogP contribution is -2.47. The van der Waals surface area contributed by atoms with Crippen LogP contribution in [0.5, 0.6) is 5.75 Å². The molecule has 1 atom stereocenters. The summed E-state index contributed by atoms with van der Waals surface area (Å²) in [7, 11) is 1.93. The van der Waals surface area contributed by atoms with Crippen molar-refractivity contribution < 1.29 is 9.53 Å². The number of hydrogen-bond acceptors (Lipinski definition) is 6. The predicted octanol–water partition coefficient (Wildman–Crippen LogP) is -0.0995. The molecule has 1 aromatic heterocycles. The van der Waals surface area contributed by atoms with Crippen molar-refractivity contribution in [3.63, 3.8) is 0 Å². The number of carbonyl (C=O) groups is 1. The summed E-state index contributed by atoms with van der Waals surface area (Å²) in [6.45, 7) is 0.718. The highest BCUT2D eigenvalue weighted by atomic mass is 16.5. The third-order valence-corrected chi connectivity index (χ3v) is 3.26. The number of carbonyl (C=O) groups excluding carboxylic acids is 1. The minimum absolute atomic E-state index is 0.154. The van der Waals surface area contributed by atoms with Crippen LogP contribution in [-0.4, -0.2) is 40.8 Å². The van der Waals surface area contributed by atoms with Crippen molar-refractivity contribution in [1.29, 1.82) is 0 Å². The molecule has 1 aliphatic heterocycles. The number of aromatic amines is 1. The van der Waals surface area contributed by atoms with Gasteiger partial charge in [0.25, 0.3) is 5.91 Å². The van der Waals surface area contributed by atoms with Crippen LogP contribution in [0.25, 0.3) is 0 Å². The number of anilines is 2. The first-order valence-electron chi connectivity index (χ1n) is 6.55. The zero-order valence-electron chi connectivity index (χ0n) is 11.5. The van der Waals surface area contributed by atoms with Gasteiger partial charge in [-0.15, -0.1) is 5.10 Å². The van der Waals surface area contributed by atoms with Crippen LogP contribution in [0.2, 0.25) is 0 Å². The molecule has 0 unspecified atom stereocenters. The first kappa shape index (κ1) is 13.2. The second-order valence-electron chi connectivity index (χ2n) is 4.81. The SMILES string of the molecule is CN1C[C@H](C(=O)NCc2nc(N)n[nH]2)Oc2ccccc21. The van der Waals surface area contributed by atoms with Gasteiger partial charge in [0.1, 0.15) is 11.6 Å². The van der Waals surface area contributed by atoms with Crippen LogP contribution in [-0.2, 0) is 11.3 Å². The lowest BCUT2D eigenvalue weighted by atomic mass is 10.2. The molecule has 1 amide bonds. The first-order valence-corrected chi connectivity index (χ1v) is 6.55. The van der Waals surface area contributed by atoms with Gasteiger partial charge in [-0.3, -0.25) is 9.89 Å². The number of para-hydroxylation sites is 2. The van der Waals surface area contributed by atoms with Gasteiger partial charge in [-0.05, 0) is 12.1 Å². The summed E-state index contributed by atoms with van der Waals surface area (Å²) >= 11 is 0. The summed E-state index contributed by atoms with van der Waals surface area (Å²) in [5, 5.41) is 9.09. The van der Waals surface area contributed by atoms with Gasteiger partial charge in [0.2, 0.25) is 5.95 Å². The van der Waals surface area contributed by atoms with Crippen molar-refractivity contribution in [2.24, 2.45) is 0 Å². The zero-order chi connectivity index (χ0) is 14.8. The number of hydrogen-bond donors (Lipinski definition) is 3. The van der Waals surface area contributed by atoms with Crippen molar-refractivity contribution in [3.05, 3.63) is 30.1 Å². The van der Waals surface area contributed by atoms with Gasteiger partial charge in [-0.25, -0.2) is 0 Å². The van der Waals surface area contributed by atoms with E-state index in [1.165, 1.54) is 0 Å². The normalized spacial score (nSPS) is 17.0. The smallest absolute Gasteiger partial charge is 0.263 e. The van der Waals surface area contributed by atoms with E-state index >= 15 is 0 Å². The van der Waals surface area contributed by atoms with Crippen LogP contribution >= 0.6 is 0 Å². The van der Waals surface area contributed by atoms with E-state index in [9.17, 15) is 4.79 Å². The quantitative estimate of drug-likeness (QED) is 0.727. The van der Waals surface area contributed by atoms with E-state index in [1.54, 1.807) is 0 Å². The van der Waals surface area contributed by atoms with E-state index in [-0.39, 0.29) is 18.4 Å². The number of H-pyrrole nitrogens is 1. The van der Waals surface area contributed by atoms with Crippen LogP contribution in [0.3, 0.4) is 0 Å². The van der Waals surface area contributed by atoms with Gasteiger partial charge in [-0.2, -0.15) is 4.98 Å². The molecule has 3 rings (SSSR count). The Morgan fingerprint density at radius 3 is 3.14 bits per heavy atom. The Morgan fingerprint density at radius 1 is 1.57 bits per heavy atom. The fourth-order valence-electron chi connectivity index (χ4n) is 2.22. The molecule has 0 aliphatic carbocycles.